The number of esters is 1. The second kappa shape index (κ2) is 6.83. The number of benzene rings is 1. The largest absolute Gasteiger partial charge is 0.484 e. The maximum Gasteiger partial charge on any atom is 0.333 e. The first-order valence-corrected chi connectivity index (χ1v) is 8.20. The lowest BCUT2D eigenvalue weighted by molar-refractivity contribution is -0.154. The third-order valence-electron chi connectivity index (χ3n) is 3.82. The molecule has 0 saturated carbocycles. The van der Waals surface area contributed by atoms with Crippen LogP contribution in [-0.4, -0.2) is 37.0 Å². The molecule has 0 saturated heterocycles. The molecular weight excluding hydrogens is 314 g/mol. The second-order valence-corrected chi connectivity index (χ2v) is 6.16. The van der Waals surface area contributed by atoms with Gasteiger partial charge in [0.2, 0.25) is 0 Å². The Morgan fingerprint density at radius 3 is 2.78 bits per heavy atom. The lowest BCUT2D eigenvalue weighted by Gasteiger charge is -2.33. The van der Waals surface area contributed by atoms with E-state index in [2.05, 4.69) is 0 Å². The fourth-order valence-electron chi connectivity index (χ4n) is 2.70. The molecule has 23 heavy (non-hydrogen) atoms. The van der Waals surface area contributed by atoms with Crippen molar-refractivity contribution in [2.45, 2.75) is 12.5 Å². The highest BCUT2D eigenvalue weighted by molar-refractivity contribution is 7.10. The first-order chi connectivity index (χ1) is 11.2. The van der Waals surface area contributed by atoms with E-state index < -0.39 is 12.0 Å². The first kappa shape index (κ1) is 15.6. The zero-order valence-corrected chi connectivity index (χ0v) is 13.5. The average Bonchev–Trinajstić information content (AvgIpc) is 3.07. The summed E-state index contributed by atoms with van der Waals surface area (Å²) in [6.07, 6.45) is 0.748. The summed E-state index contributed by atoms with van der Waals surface area (Å²) in [5.74, 6) is -0.0118. The molecule has 2 heterocycles. The summed E-state index contributed by atoms with van der Waals surface area (Å²) in [5, 5.41) is 1.94. The number of hydrogen-bond donors (Lipinski definition) is 0. The van der Waals surface area contributed by atoms with E-state index in [1.165, 1.54) is 7.11 Å². The fourth-order valence-corrected chi connectivity index (χ4v) is 3.60. The van der Waals surface area contributed by atoms with E-state index in [-0.39, 0.29) is 12.5 Å². The molecule has 0 spiro atoms. The van der Waals surface area contributed by atoms with E-state index in [0.717, 1.165) is 16.9 Å². The third-order valence-corrected chi connectivity index (χ3v) is 4.81. The smallest absolute Gasteiger partial charge is 0.333 e. The number of hydrogen-bond acceptors (Lipinski definition) is 5. The molecule has 0 bridgehead atoms. The van der Waals surface area contributed by atoms with Gasteiger partial charge in [-0.25, -0.2) is 4.79 Å². The molecule has 1 aromatic heterocycles. The molecule has 3 rings (SSSR count). The number of thiophene rings is 1. The van der Waals surface area contributed by atoms with Crippen molar-refractivity contribution in [2.24, 2.45) is 0 Å². The van der Waals surface area contributed by atoms with E-state index in [9.17, 15) is 9.59 Å². The lowest BCUT2D eigenvalue weighted by atomic mass is 10.00. The highest BCUT2D eigenvalue weighted by atomic mass is 32.1. The predicted octanol–water partition coefficient (Wildman–Crippen LogP) is 2.43. The van der Waals surface area contributed by atoms with Gasteiger partial charge in [0.1, 0.15) is 5.75 Å². The number of carbonyl (C=O) groups is 2. The van der Waals surface area contributed by atoms with Gasteiger partial charge in [-0.2, -0.15) is 0 Å². The van der Waals surface area contributed by atoms with Crippen molar-refractivity contribution >= 4 is 23.2 Å². The molecule has 1 aliphatic heterocycles. The van der Waals surface area contributed by atoms with Gasteiger partial charge < -0.3 is 14.4 Å². The van der Waals surface area contributed by atoms with Crippen LogP contribution in [0.3, 0.4) is 0 Å². The number of amides is 1. The van der Waals surface area contributed by atoms with Crippen molar-refractivity contribution in [3.8, 4) is 5.75 Å². The Bertz CT molecular complexity index is 698. The van der Waals surface area contributed by atoms with Gasteiger partial charge in [-0.3, -0.25) is 4.79 Å². The molecular formula is C17H17NO4S. The van der Waals surface area contributed by atoms with Crippen LogP contribution in [0.15, 0.2) is 41.8 Å². The van der Waals surface area contributed by atoms with Gasteiger partial charge in [0.05, 0.1) is 7.11 Å². The van der Waals surface area contributed by atoms with E-state index >= 15 is 0 Å². The summed E-state index contributed by atoms with van der Waals surface area (Å²) in [7, 11) is 1.34. The summed E-state index contributed by atoms with van der Waals surface area (Å²) in [6.45, 7) is 0.390. The van der Waals surface area contributed by atoms with Crippen molar-refractivity contribution < 1.29 is 19.1 Å². The zero-order chi connectivity index (χ0) is 16.2. The second-order valence-electron chi connectivity index (χ2n) is 5.16. The minimum Gasteiger partial charge on any atom is -0.484 e. The Morgan fingerprint density at radius 1 is 1.26 bits per heavy atom. The van der Waals surface area contributed by atoms with Crippen LogP contribution < -0.4 is 4.74 Å². The maximum atomic E-state index is 12.5. The van der Waals surface area contributed by atoms with Crippen LogP contribution in [0.25, 0.3) is 0 Å². The Labute approximate surface area is 138 Å². The fraction of sp³-hybridized carbons (Fsp3) is 0.294. The lowest BCUT2D eigenvalue weighted by Crippen LogP contribution is -2.45. The van der Waals surface area contributed by atoms with Gasteiger partial charge in [-0.05, 0) is 35.6 Å². The van der Waals surface area contributed by atoms with E-state index in [0.29, 0.717) is 12.3 Å². The number of carbonyl (C=O) groups excluding carboxylic acids is 2. The molecule has 1 atom stereocenters. The van der Waals surface area contributed by atoms with Crippen molar-refractivity contribution in [2.75, 3.05) is 20.3 Å². The summed E-state index contributed by atoms with van der Waals surface area (Å²) in [4.78, 5) is 27.4. The van der Waals surface area contributed by atoms with Gasteiger partial charge in [-0.1, -0.05) is 18.2 Å². The molecule has 0 aliphatic carbocycles. The Morgan fingerprint density at radius 2 is 2.04 bits per heavy atom. The number of ether oxygens (including phenoxy) is 2. The van der Waals surface area contributed by atoms with Crippen molar-refractivity contribution in [3.05, 3.63) is 52.2 Å². The number of rotatable bonds is 4. The molecule has 2 aromatic rings. The predicted molar refractivity (Wildman–Crippen MR) is 86.4 cm³/mol. The van der Waals surface area contributed by atoms with Gasteiger partial charge in [0.25, 0.3) is 5.91 Å². The van der Waals surface area contributed by atoms with Crippen LogP contribution in [0.2, 0.25) is 0 Å². The van der Waals surface area contributed by atoms with Crippen molar-refractivity contribution in [3.63, 3.8) is 0 Å². The first-order valence-electron chi connectivity index (χ1n) is 7.32. The molecule has 0 N–H and O–H groups in total. The van der Waals surface area contributed by atoms with Crippen LogP contribution in [0.5, 0.6) is 5.75 Å². The van der Waals surface area contributed by atoms with Crippen LogP contribution >= 0.6 is 11.3 Å². The zero-order valence-electron chi connectivity index (χ0n) is 12.7. The van der Waals surface area contributed by atoms with Crippen LogP contribution in [0.4, 0.5) is 0 Å². The van der Waals surface area contributed by atoms with Crippen LogP contribution in [-0.2, 0) is 20.7 Å². The monoisotopic (exact) mass is 331 g/mol. The summed E-state index contributed by atoms with van der Waals surface area (Å²) in [6, 6.07) is 10.4. The molecule has 120 valence electrons. The third kappa shape index (κ3) is 3.22. The van der Waals surface area contributed by atoms with Gasteiger partial charge in [-0.15, -0.1) is 11.3 Å². The topological polar surface area (TPSA) is 55.8 Å². The minimum absolute atomic E-state index is 0.100. The number of nitrogens with zero attached hydrogens (tertiary/aromatic N) is 1. The van der Waals surface area contributed by atoms with Crippen molar-refractivity contribution in [1.29, 1.82) is 0 Å². The molecule has 1 unspecified atom stereocenters. The van der Waals surface area contributed by atoms with E-state index in [1.54, 1.807) is 28.4 Å². The quantitative estimate of drug-likeness (QED) is 0.808. The van der Waals surface area contributed by atoms with Crippen molar-refractivity contribution in [1.82, 2.24) is 4.90 Å². The van der Waals surface area contributed by atoms with Crippen LogP contribution in [0, 0.1) is 0 Å². The SMILES string of the molecule is COC(=O)C1c2ccsc2CCN1C(=O)COc1ccccc1. The molecule has 5 nitrogen and oxygen atoms in total. The van der Waals surface area contributed by atoms with Gasteiger partial charge in [0, 0.05) is 11.4 Å². The normalized spacial score (nSPS) is 16.6. The Kier molecular flexibility index (Phi) is 4.62. The average molecular weight is 331 g/mol. The number of methoxy groups -OCH3 is 1. The molecule has 0 fully saturated rings. The molecule has 0 radical (unpaired) electrons. The highest BCUT2D eigenvalue weighted by Gasteiger charge is 2.37. The Balaban J connectivity index is 1.75. The van der Waals surface area contributed by atoms with E-state index in [1.807, 2.05) is 29.6 Å². The molecule has 1 amide bonds. The molecule has 1 aromatic carbocycles. The minimum atomic E-state index is -0.679. The Hall–Kier alpha value is -2.34. The maximum absolute atomic E-state index is 12.5. The summed E-state index contributed by atoms with van der Waals surface area (Å²) >= 11 is 1.60. The standard InChI is InChI=1S/C17H17NO4S/c1-21-17(20)16-13-8-10-23-14(13)7-9-18(16)15(19)11-22-12-5-3-2-4-6-12/h2-6,8,10,16H,7,9,11H2,1H3. The van der Waals surface area contributed by atoms with E-state index in [4.69, 9.17) is 9.47 Å². The van der Waals surface area contributed by atoms with Gasteiger partial charge in [0.15, 0.2) is 12.6 Å². The summed E-state index contributed by atoms with van der Waals surface area (Å²) < 4.78 is 10.4. The number of para-hydroxylation sites is 1. The number of fused-ring (bicyclic) bond motifs is 1. The van der Waals surface area contributed by atoms with Crippen LogP contribution in [0.1, 0.15) is 16.5 Å². The van der Waals surface area contributed by atoms with Gasteiger partial charge >= 0.3 is 5.97 Å². The molecule has 6 heteroatoms. The molecule has 1 aliphatic rings. The summed E-state index contributed by atoms with van der Waals surface area (Å²) in [5.41, 5.74) is 0.862. The highest BCUT2D eigenvalue weighted by Crippen LogP contribution is 2.34.